The Hall–Kier alpha value is -4.19. The number of likely N-dealkylation sites (tertiary alicyclic amines) is 1. The van der Waals surface area contributed by atoms with E-state index in [-0.39, 0.29) is 47.8 Å². The second-order valence-corrected chi connectivity index (χ2v) is 10.8. The van der Waals surface area contributed by atoms with E-state index in [1.165, 1.54) is 4.90 Å². The standard InChI is InChI=1S/C32H28N2O4/c35-30(33-20-11-13-22(14-12-20)38-21-9-5-2-6-10-21)27(17-19-7-3-1-4-8-19)34-31(36)28-23-15-16-24(26-18-25(23)26)29(28)32(34)37/h1-16,23-29H,17-18H2,(H,33,35)/t23-,24-,25-,26+,27-,28+,29+/m1/s1. The maximum Gasteiger partial charge on any atom is 0.248 e. The zero-order valence-corrected chi connectivity index (χ0v) is 20.8. The molecule has 0 radical (unpaired) electrons. The van der Waals surface area contributed by atoms with Crippen molar-refractivity contribution in [3.63, 3.8) is 0 Å². The number of benzene rings is 3. The van der Waals surface area contributed by atoms with Crippen LogP contribution >= 0.6 is 0 Å². The van der Waals surface area contributed by atoms with E-state index in [9.17, 15) is 14.4 Å². The number of para-hydroxylation sites is 1. The summed E-state index contributed by atoms with van der Waals surface area (Å²) in [5, 5.41) is 2.95. The second kappa shape index (κ2) is 8.98. The highest BCUT2D eigenvalue weighted by Gasteiger charge is 2.67. The molecule has 1 heterocycles. The Balaban J connectivity index is 1.14. The fourth-order valence-electron chi connectivity index (χ4n) is 6.88. The van der Waals surface area contributed by atoms with Crippen molar-refractivity contribution < 1.29 is 19.1 Å². The Bertz CT molecular complexity index is 1380. The molecule has 1 N–H and O–H groups in total. The quantitative estimate of drug-likeness (QED) is 0.360. The number of ether oxygens (including phenoxy) is 1. The molecule has 7 atom stereocenters. The van der Waals surface area contributed by atoms with Gasteiger partial charge in [0.05, 0.1) is 11.8 Å². The van der Waals surface area contributed by atoms with Crippen LogP contribution in [0.25, 0.3) is 0 Å². The summed E-state index contributed by atoms with van der Waals surface area (Å²) in [6.45, 7) is 0. The SMILES string of the molecule is O=C(Nc1ccc(Oc2ccccc2)cc1)[C@@H](Cc1ccccc1)N1C(=O)[C@H]2[C@@H]3C=C[C@H]([C@@H]4C[C@H]34)[C@@H]2C1=O. The lowest BCUT2D eigenvalue weighted by Crippen LogP contribution is -2.49. The summed E-state index contributed by atoms with van der Waals surface area (Å²) >= 11 is 0. The van der Waals surface area contributed by atoms with E-state index in [2.05, 4.69) is 17.5 Å². The maximum atomic E-state index is 13.8. The lowest BCUT2D eigenvalue weighted by atomic mass is 9.63. The fourth-order valence-corrected chi connectivity index (χ4v) is 6.88. The highest BCUT2D eigenvalue weighted by Crippen LogP contribution is 2.65. The predicted molar refractivity (Wildman–Crippen MR) is 142 cm³/mol. The summed E-state index contributed by atoms with van der Waals surface area (Å²) in [6.07, 6.45) is 5.68. The van der Waals surface area contributed by atoms with E-state index in [1.807, 2.05) is 60.7 Å². The molecule has 2 bridgehead atoms. The summed E-state index contributed by atoms with van der Waals surface area (Å²) in [6, 6.07) is 25.2. The number of nitrogens with zero attached hydrogens (tertiary/aromatic N) is 1. The summed E-state index contributed by atoms with van der Waals surface area (Å²) in [7, 11) is 0. The lowest BCUT2D eigenvalue weighted by molar-refractivity contribution is -0.146. The molecule has 1 aliphatic heterocycles. The van der Waals surface area contributed by atoms with E-state index in [4.69, 9.17) is 4.74 Å². The zero-order valence-electron chi connectivity index (χ0n) is 20.8. The van der Waals surface area contributed by atoms with Gasteiger partial charge in [0.1, 0.15) is 17.5 Å². The van der Waals surface area contributed by atoms with Crippen molar-refractivity contribution in [3.8, 4) is 11.5 Å². The molecule has 3 amide bonds. The molecule has 0 unspecified atom stereocenters. The molecule has 5 aliphatic rings. The second-order valence-electron chi connectivity index (χ2n) is 10.8. The van der Waals surface area contributed by atoms with Crippen LogP contribution in [0.5, 0.6) is 11.5 Å². The first-order valence-corrected chi connectivity index (χ1v) is 13.3. The smallest absolute Gasteiger partial charge is 0.248 e. The Morgan fingerprint density at radius 3 is 1.95 bits per heavy atom. The monoisotopic (exact) mass is 504 g/mol. The Labute approximate surface area is 221 Å². The van der Waals surface area contributed by atoms with E-state index in [1.54, 1.807) is 24.3 Å². The number of rotatable bonds is 7. The Morgan fingerprint density at radius 2 is 1.34 bits per heavy atom. The van der Waals surface area contributed by atoms with Crippen molar-refractivity contribution >= 4 is 23.4 Å². The number of allylic oxidation sites excluding steroid dienone is 2. The summed E-state index contributed by atoms with van der Waals surface area (Å²) in [5.41, 5.74) is 1.48. The van der Waals surface area contributed by atoms with Gasteiger partial charge < -0.3 is 10.1 Å². The van der Waals surface area contributed by atoms with Crippen molar-refractivity contribution in [1.29, 1.82) is 0 Å². The highest BCUT2D eigenvalue weighted by atomic mass is 16.5. The number of amides is 3. The molecule has 6 heteroatoms. The molecule has 3 aromatic carbocycles. The van der Waals surface area contributed by atoms with Gasteiger partial charge in [-0.3, -0.25) is 19.3 Å². The summed E-state index contributed by atoms with van der Waals surface area (Å²) in [4.78, 5) is 42.6. The van der Waals surface area contributed by atoms with Crippen LogP contribution in [0.2, 0.25) is 0 Å². The number of nitrogens with one attached hydrogen (secondary N) is 1. The summed E-state index contributed by atoms with van der Waals surface area (Å²) in [5.74, 6) is 1.23. The van der Waals surface area contributed by atoms with Gasteiger partial charge in [-0.25, -0.2) is 0 Å². The van der Waals surface area contributed by atoms with Crippen LogP contribution in [0.4, 0.5) is 5.69 Å². The van der Waals surface area contributed by atoms with Gasteiger partial charge in [0.25, 0.3) is 0 Å². The van der Waals surface area contributed by atoms with Gasteiger partial charge in [-0.15, -0.1) is 0 Å². The van der Waals surface area contributed by atoms with Gasteiger partial charge in [0.15, 0.2) is 0 Å². The molecule has 0 spiro atoms. The lowest BCUT2D eigenvalue weighted by Gasteiger charge is -2.37. The molecule has 38 heavy (non-hydrogen) atoms. The van der Waals surface area contributed by atoms with Crippen molar-refractivity contribution in [3.05, 3.63) is 103 Å². The average molecular weight is 505 g/mol. The van der Waals surface area contributed by atoms with Crippen molar-refractivity contribution in [2.75, 3.05) is 5.32 Å². The largest absolute Gasteiger partial charge is 0.457 e. The third-order valence-electron chi connectivity index (χ3n) is 8.68. The van der Waals surface area contributed by atoms with Gasteiger partial charge in [-0.1, -0.05) is 60.7 Å². The molecule has 190 valence electrons. The third-order valence-corrected chi connectivity index (χ3v) is 8.68. The minimum atomic E-state index is -0.918. The summed E-state index contributed by atoms with van der Waals surface area (Å²) < 4.78 is 5.85. The number of anilines is 1. The van der Waals surface area contributed by atoms with Crippen molar-refractivity contribution in [2.24, 2.45) is 35.5 Å². The minimum Gasteiger partial charge on any atom is -0.457 e. The number of carbonyl (C=O) groups is 3. The molecule has 8 rings (SSSR count). The van der Waals surface area contributed by atoms with Crippen LogP contribution in [0.3, 0.4) is 0 Å². The van der Waals surface area contributed by atoms with E-state index < -0.39 is 6.04 Å². The predicted octanol–water partition coefficient (Wildman–Crippen LogP) is 5.08. The molecule has 0 aromatic heterocycles. The van der Waals surface area contributed by atoms with Crippen molar-refractivity contribution in [1.82, 2.24) is 4.90 Å². The number of carbonyl (C=O) groups excluding carboxylic acids is 3. The van der Waals surface area contributed by atoms with Gasteiger partial charge >= 0.3 is 0 Å². The van der Waals surface area contributed by atoms with Gasteiger partial charge in [0, 0.05) is 12.1 Å². The number of imide groups is 1. The topological polar surface area (TPSA) is 75.7 Å². The Kier molecular flexibility index (Phi) is 5.43. The minimum absolute atomic E-state index is 0.119. The average Bonchev–Trinajstić information content (AvgIpc) is 3.73. The molecule has 4 aliphatic carbocycles. The molecular weight excluding hydrogens is 476 g/mol. The molecular formula is C32H28N2O4. The molecule has 3 aromatic rings. The van der Waals surface area contributed by atoms with Gasteiger partial charge in [0.2, 0.25) is 17.7 Å². The third kappa shape index (κ3) is 3.83. The van der Waals surface area contributed by atoms with E-state index in [0.29, 0.717) is 23.3 Å². The van der Waals surface area contributed by atoms with Crippen LogP contribution in [-0.2, 0) is 20.8 Å². The van der Waals surface area contributed by atoms with Crippen molar-refractivity contribution in [2.45, 2.75) is 18.9 Å². The van der Waals surface area contributed by atoms with Crippen LogP contribution in [-0.4, -0.2) is 28.7 Å². The van der Waals surface area contributed by atoms with Gasteiger partial charge in [-0.2, -0.15) is 0 Å². The van der Waals surface area contributed by atoms with E-state index in [0.717, 1.165) is 17.7 Å². The van der Waals surface area contributed by atoms with Crippen LogP contribution in [0, 0.1) is 35.5 Å². The first-order valence-electron chi connectivity index (χ1n) is 13.3. The van der Waals surface area contributed by atoms with Crippen LogP contribution in [0.1, 0.15) is 12.0 Å². The van der Waals surface area contributed by atoms with Gasteiger partial charge in [-0.05, 0) is 72.1 Å². The number of hydrogen-bond acceptors (Lipinski definition) is 4. The maximum absolute atomic E-state index is 13.8. The normalized spacial score (nSPS) is 29.0. The molecule has 3 fully saturated rings. The zero-order chi connectivity index (χ0) is 25.8. The first-order chi connectivity index (χ1) is 18.6. The first kappa shape index (κ1) is 23.0. The Morgan fingerprint density at radius 1 is 0.789 bits per heavy atom. The van der Waals surface area contributed by atoms with Crippen LogP contribution < -0.4 is 10.1 Å². The molecule has 2 saturated carbocycles. The molecule has 1 saturated heterocycles. The van der Waals surface area contributed by atoms with E-state index >= 15 is 0 Å². The highest BCUT2D eigenvalue weighted by molar-refractivity contribution is 6.10. The number of hydrogen-bond donors (Lipinski definition) is 1. The van der Waals surface area contributed by atoms with Crippen LogP contribution in [0.15, 0.2) is 97.1 Å². The fraction of sp³-hybridized carbons (Fsp3) is 0.281. The molecule has 6 nitrogen and oxygen atoms in total.